The maximum atomic E-state index is 11.4. The summed E-state index contributed by atoms with van der Waals surface area (Å²) < 4.78 is 0. The quantitative estimate of drug-likeness (QED) is 0.742. The van der Waals surface area contributed by atoms with E-state index in [0.29, 0.717) is 12.0 Å². The monoisotopic (exact) mass is 239 g/mol. The third-order valence-electron chi connectivity index (χ3n) is 4.41. The van der Waals surface area contributed by atoms with Crippen molar-refractivity contribution in [3.63, 3.8) is 0 Å². The molecule has 98 valence electrons. The first kappa shape index (κ1) is 12.9. The first-order valence-electron chi connectivity index (χ1n) is 7.26. The minimum Gasteiger partial charge on any atom is -0.480 e. The molecular formula is C14H25NO2. The molecule has 2 fully saturated rings. The van der Waals surface area contributed by atoms with Crippen molar-refractivity contribution >= 4 is 5.97 Å². The Labute approximate surface area is 104 Å². The molecule has 0 saturated heterocycles. The average molecular weight is 239 g/mol. The molecule has 17 heavy (non-hydrogen) atoms. The molecule has 2 aliphatic carbocycles. The van der Waals surface area contributed by atoms with Crippen LogP contribution in [0.15, 0.2) is 0 Å². The Morgan fingerprint density at radius 1 is 0.941 bits per heavy atom. The number of carboxylic acid groups (broad SMARTS) is 1. The second-order valence-corrected chi connectivity index (χ2v) is 5.72. The van der Waals surface area contributed by atoms with Gasteiger partial charge in [-0.05, 0) is 31.6 Å². The van der Waals surface area contributed by atoms with Gasteiger partial charge in [0, 0.05) is 6.04 Å². The summed E-state index contributed by atoms with van der Waals surface area (Å²) in [5.74, 6) is -0.278. The van der Waals surface area contributed by atoms with Gasteiger partial charge in [-0.25, -0.2) is 0 Å². The zero-order valence-corrected chi connectivity index (χ0v) is 10.7. The van der Waals surface area contributed by atoms with E-state index in [1.807, 2.05) is 0 Å². The number of carboxylic acids is 1. The Morgan fingerprint density at radius 2 is 1.47 bits per heavy atom. The van der Waals surface area contributed by atoms with Crippen LogP contribution in [-0.2, 0) is 4.79 Å². The maximum absolute atomic E-state index is 11.4. The van der Waals surface area contributed by atoms with Gasteiger partial charge in [-0.1, -0.05) is 38.5 Å². The lowest BCUT2D eigenvalue weighted by Gasteiger charge is -2.26. The van der Waals surface area contributed by atoms with Gasteiger partial charge in [0.2, 0.25) is 0 Å². The van der Waals surface area contributed by atoms with Gasteiger partial charge in [-0.3, -0.25) is 4.79 Å². The fourth-order valence-electron chi connectivity index (χ4n) is 3.40. The van der Waals surface area contributed by atoms with Crippen molar-refractivity contribution in [2.24, 2.45) is 5.92 Å². The maximum Gasteiger partial charge on any atom is 0.320 e. The number of hydrogen-bond acceptors (Lipinski definition) is 2. The van der Waals surface area contributed by atoms with Crippen LogP contribution in [0.2, 0.25) is 0 Å². The van der Waals surface area contributed by atoms with Crippen LogP contribution in [0.5, 0.6) is 0 Å². The topological polar surface area (TPSA) is 49.3 Å². The van der Waals surface area contributed by atoms with Crippen LogP contribution in [0.25, 0.3) is 0 Å². The van der Waals surface area contributed by atoms with Crippen LogP contribution < -0.4 is 5.32 Å². The number of nitrogens with one attached hydrogen (secondary N) is 1. The molecule has 1 atom stereocenters. The summed E-state index contributed by atoms with van der Waals surface area (Å²) in [5.41, 5.74) is 0. The van der Waals surface area contributed by atoms with E-state index in [1.165, 1.54) is 38.5 Å². The first-order chi connectivity index (χ1) is 8.27. The zero-order valence-electron chi connectivity index (χ0n) is 10.7. The van der Waals surface area contributed by atoms with Gasteiger partial charge >= 0.3 is 5.97 Å². The Morgan fingerprint density at radius 3 is 2.00 bits per heavy atom. The minimum absolute atomic E-state index is 0.295. The molecule has 2 saturated carbocycles. The smallest absolute Gasteiger partial charge is 0.320 e. The normalized spacial score (nSPS) is 25.6. The van der Waals surface area contributed by atoms with E-state index < -0.39 is 5.97 Å². The van der Waals surface area contributed by atoms with E-state index in [4.69, 9.17) is 0 Å². The summed E-state index contributed by atoms with van der Waals surface area (Å²) in [6.45, 7) is 0. The molecule has 0 aliphatic heterocycles. The molecule has 3 nitrogen and oxygen atoms in total. The Hall–Kier alpha value is -0.570. The molecule has 0 bridgehead atoms. The number of aliphatic carboxylic acids is 1. The second kappa shape index (κ2) is 6.39. The molecule has 3 heteroatoms. The SMILES string of the molecule is O=C(O)C(NC1CCCC1)C1CCCCCC1. The lowest BCUT2D eigenvalue weighted by atomic mass is 9.91. The summed E-state index contributed by atoms with van der Waals surface area (Å²) in [6.07, 6.45) is 12.0. The van der Waals surface area contributed by atoms with Crippen molar-refractivity contribution in [1.82, 2.24) is 5.32 Å². The van der Waals surface area contributed by atoms with Crippen LogP contribution in [-0.4, -0.2) is 23.2 Å². The second-order valence-electron chi connectivity index (χ2n) is 5.72. The van der Waals surface area contributed by atoms with Crippen molar-refractivity contribution in [2.75, 3.05) is 0 Å². The number of hydrogen-bond donors (Lipinski definition) is 2. The molecule has 2 N–H and O–H groups in total. The number of carbonyl (C=O) groups is 1. The van der Waals surface area contributed by atoms with Crippen LogP contribution >= 0.6 is 0 Å². The third-order valence-corrected chi connectivity index (χ3v) is 4.41. The van der Waals surface area contributed by atoms with Gasteiger partial charge in [-0.15, -0.1) is 0 Å². The van der Waals surface area contributed by atoms with E-state index in [-0.39, 0.29) is 6.04 Å². The molecule has 0 aromatic carbocycles. The Bertz CT molecular complexity index is 241. The zero-order chi connectivity index (χ0) is 12.1. The Kier molecular flexibility index (Phi) is 4.84. The lowest BCUT2D eigenvalue weighted by Crippen LogP contribution is -2.47. The van der Waals surface area contributed by atoms with Gasteiger partial charge in [-0.2, -0.15) is 0 Å². The lowest BCUT2D eigenvalue weighted by molar-refractivity contribution is -0.141. The van der Waals surface area contributed by atoms with Crippen molar-refractivity contribution in [2.45, 2.75) is 76.3 Å². The molecular weight excluding hydrogens is 214 g/mol. The molecule has 1 unspecified atom stereocenters. The van der Waals surface area contributed by atoms with Crippen molar-refractivity contribution in [1.29, 1.82) is 0 Å². The van der Waals surface area contributed by atoms with Crippen molar-refractivity contribution < 1.29 is 9.90 Å². The summed E-state index contributed by atoms with van der Waals surface area (Å²) >= 11 is 0. The van der Waals surface area contributed by atoms with Crippen LogP contribution in [0.3, 0.4) is 0 Å². The molecule has 2 rings (SSSR count). The summed E-state index contributed by atoms with van der Waals surface area (Å²) in [4.78, 5) is 11.4. The summed E-state index contributed by atoms with van der Waals surface area (Å²) in [6, 6.07) is 0.163. The number of rotatable bonds is 4. The molecule has 0 spiro atoms. The molecule has 0 amide bonds. The van der Waals surface area contributed by atoms with Gasteiger partial charge in [0.1, 0.15) is 6.04 Å². The predicted molar refractivity (Wildman–Crippen MR) is 68.0 cm³/mol. The average Bonchev–Trinajstić information content (AvgIpc) is 2.67. The highest BCUT2D eigenvalue weighted by atomic mass is 16.4. The van der Waals surface area contributed by atoms with Gasteiger partial charge in [0.05, 0.1) is 0 Å². The molecule has 2 aliphatic rings. The highest BCUT2D eigenvalue weighted by molar-refractivity contribution is 5.74. The van der Waals surface area contributed by atoms with Gasteiger partial charge < -0.3 is 10.4 Å². The summed E-state index contributed by atoms with van der Waals surface area (Å²) in [7, 11) is 0. The fourth-order valence-corrected chi connectivity index (χ4v) is 3.40. The van der Waals surface area contributed by atoms with Crippen molar-refractivity contribution in [3.8, 4) is 0 Å². The van der Waals surface area contributed by atoms with E-state index in [9.17, 15) is 9.90 Å². The van der Waals surface area contributed by atoms with Crippen LogP contribution in [0.1, 0.15) is 64.2 Å². The van der Waals surface area contributed by atoms with Gasteiger partial charge in [0.25, 0.3) is 0 Å². The largest absolute Gasteiger partial charge is 0.480 e. The highest BCUT2D eigenvalue weighted by Crippen LogP contribution is 2.27. The first-order valence-corrected chi connectivity index (χ1v) is 7.26. The van der Waals surface area contributed by atoms with E-state index in [2.05, 4.69) is 5.32 Å². The van der Waals surface area contributed by atoms with Crippen LogP contribution in [0, 0.1) is 5.92 Å². The van der Waals surface area contributed by atoms with E-state index in [0.717, 1.165) is 25.7 Å². The predicted octanol–water partition coefficient (Wildman–Crippen LogP) is 2.94. The van der Waals surface area contributed by atoms with E-state index >= 15 is 0 Å². The molecule has 0 aromatic heterocycles. The van der Waals surface area contributed by atoms with Crippen LogP contribution in [0.4, 0.5) is 0 Å². The van der Waals surface area contributed by atoms with E-state index in [1.54, 1.807) is 0 Å². The molecule has 0 aromatic rings. The molecule has 0 radical (unpaired) electrons. The third kappa shape index (κ3) is 3.70. The minimum atomic E-state index is -0.635. The molecule has 0 heterocycles. The summed E-state index contributed by atoms with van der Waals surface area (Å²) in [5, 5.41) is 12.8. The standard InChI is InChI=1S/C14H25NO2/c16-14(17)13(15-12-9-5-6-10-12)11-7-3-1-2-4-8-11/h11-13,15H,1-10H2,(H,16,17). The van der Waals surface area contributed by atoms with Gasteiger partial charge in [0.15, 0.2) is 0 Å². The highest BCUT2D eigenvalue weighted by Gasteiger charge is 2.31. The fraction of sp³-hybridized carbons (Fsp3) is 0.929. The van der Waals surface area contributed by atoms with Crippen molar-refractivity contribution in [3.05, 3.63) is 0 Å². The Balaban J connectivity index is 1.92.